The summed E-state index contributed by atoms with van der Waals surface area (Å²) in [6.45, 7) is 3.83. The fourth-order valence-electron chi connectivity index (χ4n) is 3.22. The van der Waals surface area contributed by atoms with E-state index >= 15 is 0 Å². The van der Waals surface area contributed by atoms with Gasteiger partial charge in [-0.3, -0.25) is 9.48 Å². The number of nitrogens with two attached hydrogens (primary N) is 1. The van der Waals surface area contributed by atoms with Crippen LogP contribution in [-0.2, 0) is 6.54 Å². The quantitative estimate of drug-likeness (QED) is 0.783. The van der Waals surface area contributed by atoms with Crippen molar-refractivity contribution in [3.8, 4) is 0 Å². The van der Waals surface area contributed by atoms with Gasteiger partial charge in [0.15, 0.2) is 0 Å². The van der Waals surface area contributed by atoms with Gasteiger partial charge in [0, 0.05) is 24.5 Å². The molecule has 0 saturated carbocycles. The van der Waals surface area contributed by atoms with E-state index in [0.717, 1.165) is 39.3 Å². The molecule has 3 heterocycles. The molecule has 2 aromatic heterocycles. The molecule has 2 N–H and O–H groups in total. The normalized spacial score (nSPS) is 17.6. The Morgan fingerprint density at radius 3 is 2.84 bits per heavy atom. The molecule has 7 heteroatoms. The fourth-order valence-corrected chi connectivity index (χ4v) is 4.34. The van der Waals surface area contributed by atoms with Crippen LogP contribution in [0.4, 0.5) is 4.39 Å². The van der Waals surface area contributed by atoms with Crippen molar-refractivity contribution in [1.82, 2.24) is 14.7 Å². The molecular formula is C18H19FN4OS. The maximum Gasteiger partial charge on any atom is 0.264 e. The Balaban J connectivity index is 1.64. The third-order valence-electron chi connectivity index (χ3n) is 4.58. The van der Waals surface area contributed by atoms with Crippen LogP contribution < -0.4 is 5.73 Å². The maximum atomic E-state index is 13.1. The molecule has 4 rings (SSSR count). The standard InChI is InChI=1S/C18H19FN4OS/c1-11-15-8-16(17(24)22-7-6-14(20)10-22)25-18(15)23(21-11)9-12-2-4-13(19)5-3-12/h2-5,8,14H,6-7,9-10,20H2,1H3/t14-/m1/s1. The van der Waals surface area contributed by atoms with Gasteiger partial charge in [0.25, 0.3) is 5.91 Å². The zero-order valence-electron chi connectivity index (χ0n) is 13.9. The summed E-state index contributed by atoms with van der Waals surface area (Å²) in [6, 6.07) is 8.41. The summed E-state index contributed by atoms with van der Waals surface area (Å²) in [5, 5.41) is 5.56. The maximum absolute atomic E-state index is 13.1. The molecule has 1 aliphatic rings. The van der Waals surface area contributed by atoms with Gasteiger partial charge in [0.1, 0.15) is 10.6 Å². The first-order valence-electron chi connectivity index (χ1n) is 8.27. The predicted octanol–water partition coefficient (Wildman–Crippen LogP) is 2.77. The van der Waals surface area contributed by atoms with E-state index in [0.29, 0.717) is 13.1 Å². The minimum absolute atomic E-state index is 0.0434. The number of benzene rings is 1. The van der Waals surface area contributed by atoms with Gasteiger partial charge in [-0.05, 0) is 37.1 Å². The van der Waals surface area contributed by atoms with Gasteiger partial charge in [0.05, 0.1) is 17.1 Å². The van der Waals surface area contributed by atoms with Crippen LogP contribution in [0.1, 0.15) is 27.3 Å². The van der Waals surface area contributed by atoms with Crippen LogP contribution in [0.25, 0.3) is 10.2 Å². The first kappa shape index (κ1) is 16.2. The third kappa shape index (κ3) is 3.05. The summed E-state index contributed by atoms with van der Waals surface area (Å²) in [6.07, 6.45) is 0.855. The second kappa shape index (κ2) is 6.24. The molecule has 1 fully saturated rings. The van der Waals surface area contributed by atoms with Crippen LogP contribution in [0.5, 0.6) is 0 Å². The molecule has 1 atom stereocenters. The summed E-state index contributed by atoms with van der Waals surface area (Å²) in [7, 11) is 0. The highest BCUT2D eigenvalue weighted by Gasteiger charge is 2.26. The molecule has 0 bridgehead atoms. The van der Waals surface area contributed by atoms with Crippen molar-refractivity contribution < 1.29 is 9.18 Å². The van der Waals surface area contributed by atoms with Crippen molar-refractivity contribution in [2.45, 2.75) is 25.9 Å². The molecule has 1 amide bonds. The van der Waals surface area contributed by atoms with E-state index in [4.69, 9.17) is 5.73 Å². The van der Waals surface area contributed by atoms with Crippen molar-refractivity contribution in [3.05, 3.63) is 52.3 Å². The fraction of sp³-hybridized carbons (Fsp3) is 0.333. The molecule has 1 aromatic carbocycles. The van der Waals surface area contributed by atoms with Crippen molar-refractivity contribution in [1.29, 1.82) is 0 Å². The van der Waals surface area contributed by atoms with Gasteiger partial charge >= 0.3 is 0 Å². The van der Waals surface area contributed by atoms with Gasteiger partial charge in [-0.25, -0.2) is 4.39 Å². The van der Waals surface area contributed by atoms with Crippen LogP contribution in [0.3, 0.4) is 0 Å². The summed E-state index contributed by atoms with van der Waals surface area (Å²) in [4.78, 5) is 16.2. The molecule has 130 valence electrons. The first-order chi connectivity index (χ1) is 12.0. The van der Waals surface area contributed by atoms with Crippen molar-refractivity contribution >= 4 is 27.5 Å². The second-order valence-electron chi connectivity index (χ2n) is 6.50. The molecular weight excluding hydrogens is 339 g/mol. The smallest absolute Gasteiger partial charge is 0.264 e. The minimum Gasteiger partial charge on any atom is -0.336 e. The monoisotopic (exact) mass is 358 g/mol. The molecule has 1 aliphatic heterocycles. The largest absolute Gasteiger partial charge is 0.336 e. The lowest BCUT2D eigenvalue weighted by Crippen LogP contribution is -2.31. The molecule has 5 nitrogen and oxygen atoms in total. The number of nitrogens with zero attached hydrogens (tertiary/aromatic N) is 3. The van der Waals surface area contributed by atoms with Crippen LogP contribution in [-0.4, -0.2) is 39.7 Å². The van der Waals surface area contributed by atoms with Crippen molar-refractivity contribution in [2.75, 3.05) is 13.1 Å². The summed E-state index contributed by atoms with van der Waals surface area (Å²) >= 11 is 1.46. The molecule has 0 radical (unpaired) electrons. The van der Waals surface area contributed by atoms with Gasteiger partial charge in [-0.2, -0.15) is 5.10 Å². The van der Waals surface area contributed by atoms with Crippen molar-refractivity contribution in [2.24, 2.45) is 5.73 Å². The molecule has 3 aromatic rings. The van der Waals surface area contributed by atoms with E-state index in [2.05, 4.69) is 5.10 Å². The number of halogens is 1. The Bertz CT molecular complexity index is 931. The predicted molar refractivity (Wildman–Crippen MR) is 96.3 cm³/mol. The number of amides is 1. The van der Waals surface area contributed by atoms with E-state index < -0.39 is 0 Å². The second-order valence-corrected chi connectivity index (χ2v) is 7.53. The van der Waals surface area contributed by atoms with E-state index in [1.807, 2.05) is 22.6 Å². The van der Waals surface area contributed by atoms with E-state index in [1.54, 1.807) is 12.1 Å². The van der Waals surface area contributed by atoms with E-state index in [-0.39, 0.29) is 17.8 Å². The lowest BCUT2D eigenvalue weighted by molar-refractivity contribution is 0.0795. The van der Waals surface area contributed by atoms with Crippen LogP contribution in [0.15, 0.2) is 30.3 Å². The molecule has 25 heavy (non-hydrogen) atoms. The molecule has 0 aliphatic carbocycles. The summed E-state index contributed by atoms with van der Waals surface area (Å²) in [5.41, 5.74) is 7.77. The SMILES string of the molecule is Cc1nn(Cc2ccc(F)cc2)c2sc(C(=O)N3CC[C@@H](N)C3)cc12. The number of fused-ring (bicyclic) bond motifs is 1. The zero-order valence-corrected chi connectivity index (χ0v) is 14.7. The van der Waals surface area contributed by atoms with Crippen LogP contribution in [0, 0.1) is 12.7 Å². The lowest BCUT2D eigenvalue weighted by atomic mass is 10.2. The van der Waals surface area contributed by atoms with Crippen LogP contribution >= 0.6 is 11.3 Å². The Hall–Kier alpha value is -2.25. The highest BCUT2D eigenvalue weighted by Crippen LogP contribution is 2.30. The molecule has 0 spiro atoms. The average molecular weight is 358 g/mol. The number of aryl methyl sites for hydroxylation is 1. The summed E-state index contributed by atoms with van der Waals surface area (Å²) in [5.74, 6) is -0.208. The van der Waals surface area contributed by atoms with E-state index in [1.165, 1.54) is 23.5 Å². The number of aromatic nitrogens is 2. The van der Waals surface area contributed by atoms with Gasteiger partial charge in [0.2, 0.25) is 0 Å². The van der Waals surface area contributed by atoms with Crippen LogP contribution in [0.2, 0.25) is 0 Å². The molecule has 0 unspecified atom stereocenters. The average Bonchev–Trinajstić information content (AvgIpc) is 3.27. The number of likely N-dealkylation sites (tertiary alicyclic amines) is 1. The topological polar surface area (TPSA) is 64.2 Å². The summed E-state index contributed by atoms with van der Waals surface area (Å²) < 4.78 is 15.0. The van der Waals surface area contributed by atoms with Gasteiger partial charge in [-0.15, -0.1) is 11.3 Å². The van der Waals surface area contributed by atoms with Gasteiger partial charge < -0.3 is 10.6 Å². The van der Waals surface area contributed by atoms with E-state index in [9.17, 15) is 9.18 Å². The Kier molecular flexibility index (Phi) is 4.05. The number of hydrogen-bond acceptors (Lipinski definition) is 4. The first-order valence-corrected chi connectivity index (χ1v) is 9.09. The number of carbonyl (C=O) groups is 1. The Morgan fingerprint density at radius 2 is 2.16 bits per heavy atom. The number of rotatable bonds is 3. The zero-order chi connectivity index (χ0) is 17.6. The lowest BCUT2D eigenvalue weighted by Gasteiger charge is -2.14. The Morgan fingerprint density at radius 1 is 1.40 bits per heavy atom. The number of hydrogen-bond donors (Lipinski definition) is 1. The van der Waals surface area contributed by atoms with Crippen molar-refractivity contribution in [3.63, 3.8) is 0 Å². The number of thiophene rings is 1. The third-order valence-corrected chi connectivity index (χ3v) is 5.71. The Labute approximate surface area is 148 Å². The highest BCUT2D eigenvalue weighted by molar-refractivity contribution is 7.20. The highest BCUT2D eigenvalue weighted by atomic mass is 32.1. The van der Waals surface area contributed by atoms with Gasteiger partial charge in [-0.1, -0.05) is 12.1 Å². The minimum atomic E-state index is -0.252. The molecule has 1 saturated heterocycles. The number of carbonyl (C=O) groups excluding carboxylic acids is 1.